The molecule has 0 saturated carbocycles. The first-order valence-electron chi connectivity index (χ1n) is 6.94. The summed E-state index contributed by atoms with van der Waals surface area (Å²) in [6.07, 6.45) is 0. The molecule has 0 radical (unpaired) electrons. The van der Waals surface area contributed by atoms with Gasteiger partial charge in [-0.2, -0.15) is 0 Å². The van der Waals surface area contributed by atoms with E-state index >= 15 is 0 Å². The van der Waals surface area contributed by atoms with Gasteiger partial charge < -0.3 is 5.73 Å². The Morgan fingerprint density at radius 1 is 1.05 bits per heavy atom. The van der Waals surface area contributed by atoms with Gasteiger partial charge in [-0.1, -0.05) is 42.5 Å². The standard InChI is InChI=1S/C17H21FN2/c1-14(16-7-9-17(18)10-8-16)20(12-11-19)13-15-5-3-2-4-6-15/h2-10,14H,11-13,19H2,1H3. The average Bonchev–Trinajstić information content (AvgIpc) is 2.48. The molecule has 0 aromatic heterocycles. The van der Waals surface area contributed by atoms with Crippen LogP contribution < -0.4 is 5.73 Å². The molecule has 1 atom stereocenters. The molecule has 1 unspecified atom stereocenters. The van der Waals surface area contributed by atoms with Crippen molar-refractivity contribution >= 4 is 0 Å². The lowest BCUT2D eigenvalue weighted by molar-refractivity contribution is 0.207. The number of rotatable bonds is 6. The van der Waals surface area contributed by atoms with E-state index in [-0.39, 0.29) is 11.9 Å². The minimum Gasteiger partial charge on any atom is -0.329 e. The second kappa shape index (κ2) is 7.17. The van der Waals surface area contributed by atoms with Crippen LogP contribution in [0.15, 0.2) is 54.6 Å². The third-order valence-corrected chi connectivity index (χ3v) is 3.54. The predicted octanol–water partition coefficient (Wildman–Crippen LogP) is 3.35. The van der Waals surface area contributed by atoms with Gasteiger partial charge in [-0.25, -0.2) is 4.39 Å². The fourth-order valence-corrected chi connectivity index (χ4v) is 2.35. The first-order valence-corrected chi connectivity index (χ1v) is 6.94. The number of nitrogens with zero attached hydrogens (tertiary/aromatic N) is 1. The lowest BCUT2D eigenvalue weighted by Gasteiger charge is -2.29. The molecule has 20 heavy (non-hydrogen) atoms. The quantitative estimate of drug-likeness (QED) is 0.874. The fourth-order valence-electron chi connectivity index (χ4n) is 2.35. The predicted molar refractivity (Wildman–Crippen MR) is 80.7 cm³/mol. The van der Waals surface area contributed by atoms with Crippen molar-refractivity contribution in [2.75, 3.05) is 13.1 Å². The van der Waals surface area contributed by atoms with Gasteiger partial charge in [0.05, 0.1) is 0 Å². The van der Waals surface area contributed by atoms with Crippen molar-refractivity contribution in [1.82, 2.24) is 4.90 Å². The van der Waals surface area contributed by atoms with E-state index in [0.29, 0.717) is 6.54 Å². The van der Waals surface area contributed by atoms with Crippen molar-refractivity contribution in [1.29, 1.82) is 0 Å². The molecule has 3 heteroatoms. The number of benzene rings is 2. The average molecular weight is 272 g/mol. The van der Waals surface area contributed by atoms with Crippen molar-refractivity contribution in [3.8, 4) is 0 Å². The molecule has 0 bridgehead atoms. The highest BCUT2D eigenvalue weighted by atomic mass is 19.1. The maximum atomic E-state index is 13.0. The Kier molecular flexibility index (Phi) is 5.27. The maximum Gasteiger partial charge on any atom is 0.123 e. The molecule has 106 valence electrons. The first kappa shape index (κ1) is 14.7. The largest absolute Gasteiger partial charge is 0.329 e. The van der Waals surface area contributed by atoms with Crippen molar-refractivity contribution in [3.05, 3.63) is 71.5 Å². The maximum absolute atomic E-state index is 13.0. The van der Waals surface area contributed by atoms with E-state index in [2.05, 4.69) is 24.0 Å². The van der Waals surface area contributed by atoms with E-state index in [1.54, 1.807) is 0 Å². The minimum absolute atomic E-state index is 0.200. The van der Waals surface area contributed by atoms with Crippen LogP contribution in [0, 0.1) is 5.82 Å². The third-order valence-electron chi connectivity index (χ3n) is 3.54. The molecule has 0 saturated heterocycles. The van der Waals surface area contributed by atoms with Crippen molar-refractivity contribution in [2.24, 2.45) is 5.73 Å². The summed E-state index contributed by atoms with van der Waals surface area (Å²) in [7, 11) is 0. The Morgan fingerprint density at radius 3 is 2.30 bits per heavy atom. The molecule has 2 rings (SSSR count). The van der Waals surface area contributed by atoms with Crippen molar-refractivity contribution in [3.63, 3.8) is 0 Å². The molecule has 0 fully saturated rings. The van der Waals surface area contributed by atoms with Crippen LogP contribution in [-0.2, 0) is 6.54 Å². The zero-order valence-corrected chi connectivity index (χ0v) is 11.8. The molecule has 2 aromatic rings. The molecule has 2 aromatic carbocycles. The monoisotopic (exact) mass is 272 g/mol. The van der Waals surface area contributed by atoms with Gasteiger partial charge in [0.1, 0.15) is 5.82 Å². The van der Waals surface area contributed by atoms with Crippen LogP contribution in [0.2, 0.25) is 0 Å². The molecule has 0 heterocycles. The summed E-state index contributed by atoms with van der Waals surface area (Å²) in [5.74, 6) is -0.200. The summed E-state index contributed by atoms with van der Waals surface area (Å²) in [5, 5.41) is 0. The van der Waals surface area contributed by atoms with E-state index in [0.717, 1.165) is 18.7 Å². The summed E-state index contributed by atoms with van der Waals surface area (Å²) in [5.41, 5.74) is 8.09. The van der Waals surface area contributed by atoms with E-state index < -0.39 is 0 Å². The molecule has 0 aliphatic heterocycles. The van der Waals surface area contributed by atoms with E-state index in [9.17, 15) is 4.39 Å². The van der Waals surface area contributed by atoms with Crippen LogP contribution in [0.3, 0.4) is 0 Å². The number of hydrogen-bond acceptors (Lipinski definition) is 2. The topological polar surface area (TPSA) is 29.3 Å². The van der Waals surface area contributed by atoms with Crippen LogP contribution >= 0.6 is 0 Å². The van der Waals surface area contributed by atoms with Crippen molar-refractivity contribution in [2.45, 2.75) is 19.5 Å². The summed E-state index contributed by atoms with van der Waals surface area (Å²) in [4.78, 5) is 2.31. The first-order chi connectivity index (χ1) is 9.70. The van der Waals surface area contributed by atoms with Crippen LogP contribution in [0.25, 0.3) is 0 Å². The molecular formula is C17H21FN2. The summed E-state index contributed by atoms with van der Waals surface area (Å²) in [6, 6.07) is 17.2. The smallest absolute Gasteiger partial charge is 0.123 e. The second-order valence-electron chi connectivity index (χ2n) is 4.97. The number of halogens is 1. The Balaban J connectivity index is 2.13. The molecule has 0 aliphatic rings. The van der Waals surface area contributed by atoms with E-state index in [1.165, 1.54) is 17.7 Å². The highest BCUT2D eigenvalue weighted by Gasteiger charge is 2.15. The van der Waals surface area contributed by atoms with Gasteiger partial charge in [0.15, 0.2) is 0 Å². The zero-order chi connectivity index (χ0) is 14.4. The van der Waals surface area contributed by atoms with Crippen LogP contribution in [0.1, 0.15) is 24.1 Å². The van der Waals surface area contributed by atoms with Crippen LogP contribution in [0.5, 0.6) is 0 Å². The molecule has 0 aliphatic carbocycles. The van der Waals surface area contributed by atoms with E-state index in [4.69, 9.17) is 5.73 Å². The summed E-state index contributed by atoms with van der Waals surface area (Å²) in [6.45, 7) is 4.40. The highest BCUT2D eigenvalue weighted by molar-refractivity contribution is 5.20. The third kappa shape index (κ3) is 3.89. The van der Waals surface area contributed by atoms with Gasteiger partial charge in [-0.15, -0.1) is 0 Å². The molecule has 0 amide bonds. The van der Waals surface area contributed by atoms with E-state index in [1.807, 2.05) is 30.3 Å². The minimum atomic E-state index is -0.200. The lowest BCUT2D eigenvalue weighted by atomic mass is 10.1. The summed E-state index contributed by atoms with van der Waals surface area (Å²) >= 11 is 0. The van der Waals surface area contributed by atoms with Gasteiger partial charge in [-0.05, 0) is 30.2 Å². The van der Waals surface area contributed by atoms with Gasteiger partial charge >= 0.3 is 0 Å². The second-order valence-corrected chi connectivity index (χ2v) is 4.97. The van der Waals surface area contributed by atoms with Gasteiger partial charge in [0, 0.05) is 25.7 Å². The molecular weight excluding hydrogens is 251 g/mol. The van der Waals surface area contributed by atoms with Crippen LogP contribution in [0.4, 0.5) is 4.39 Å². The SMILES string of the molecule is CC(c1ccc(F)cc1)N(CCN)Cc1ccccc1. The Hall–Kier alpha value is -1.71. The fraction of sp³-hybridized carbons (Fsp3) is 0.294. The van der Waals surface area contributed by atoms with Crippen molar-refractivity contribution < 1.29 is 4.39 Å². The Morgan fingerprint density at radius 2 is 1.70 bits per heavy atom. The summed E-state index contributed by atoms with van der Waals surface area (Å²) < 4.78 is 13.0. The normalized spacial score (nSPS) is 12.6. The lowest BCUT2D eigenvalue weighted by Crippen LogP contribution is -2.31. The van der Waals surface area contributed by atoms with Crippen LogP contribution in [-0.4, -0.2) is 18.0 Å². The van der Waals surface area contributed by atoms with Gasteiger partial charge in [0.25, 0.3) is 0 Å². The number of hydrogen-bond donors (Lipinski definition) is 1. The Bertz CT molecular complexity index is 510. The zero-order valence-electron chi connectivity index (χ0n) is 11.8. The molecule has 0 spiro atoms. The Labute approximate surface area is 120 Å². The molecule has 2 nitrogen and oxygen atoms in total. The number of nitrogens with two attached hydrogens (primary N) is 1. The van der Waals surface area contributed by atoms with Gasteiger partial charge in [-0.3, -0.25) is 4.90 Å². The molecule has 2 N–H and O–H groups in total. The highest BCUT2D eigenvalue weighted by Crippen LogP contribution is 2.22. The van der Waals surface area contributed by atoms with Gasteiger partial charge in [0.2, 0.25) is 0 Å².